The Morgan fingerprint density at radius 1 is 1.42 bits per heavy atom. The molecule has 0 saturated carbocycles. The van der Waals surface area contributed by atoms with Gasteiger partial charge in [0.05, 0.1) is 6.20 Å². The fraction of sp³-hybridized carbons (Fsp3) is 0.286. The van der Waals surface area contributed by atoms with Gasteiger partial charge in [0.1, 0.15) is 11.8 Å². The quantitative estimate of drug-likeness (QED) is 0.829. The lowest BCUT2D eigenvalue weighted by molar-refractivity contribution is 0.0933. The molecule has 0 radical (unpaired) electrons. The van der Waals surface area contributed by atoms with Gasteiger partial charge in [0.2, 0.25) is 5.89 Å². The van der Waals surface area contributed by atoms with Crippen LogP contribution in [0, 0.1) is 13.8 Å². The standard InChI is InChI=1S/C14H17N3O2/c1-8-6-11(15)4-5-12(8)13(18)17-10(3)14-16-7-9(2)19-14/h4-7,10H,15H2,1-3H3,(H,17,18). The fourth-order valence-electron chi connectivity index (χ4n) is 1.85. The van der Waals surface area contributed by atoms with Gasteiger partial charge in [0, 0.05) is 11.3 Å². The van der Waals surface area contributed by atoms with Gasteiger partial charge in [-0.2, -0.15) is 0 Å². The van der Waals surface area contributed by atoms with E-state index in [0.29, 0.717) is 17.1 Å². The Hall–Kier alpha value is -2.30. The number of anilines is 1. The van der Waals surface area contributed by atoms with Crippen LogP contribution in [0.4, 0.5) is 5.69 Å². The lowest BCUT2D eigenvalue weighted by Crippen LogP contribution is -2.27. The van der Waals surface area contributed by atoms with Crippen LogP contribution < -0.4 is 11.1 Å². The summed E-state index contributed by atoms with van der Waals surface area (Å²) in [6.07, 6.45) is 1.63. The van der Waals surface area contributed by atoms with Crippen molar-refractivity contribution in [1.82, 2.24) is 10.3 Å². The van der Waals surface area contributed by atoms with Gasteiger partial charge >= 0.3 is 0 Å². The van der Waals surface area contributed by atoms with E-state index in [-0.39, 0.29) is 11.9 Å². The SMILES string of the molecule is Cc1cnc(C(C)NC(=O)c2ccc(N)cc2C)o1. The van der Waals surface area contributed by atoms with Crippen molar-refractivity contribution >= 4 is 11.6 Å². The second-order valence-electron chi connectivity index (χ2n) is 4.58. The molecule has 5 nitrogen and oxygen atoms in total. The van der Waals surface area contributed by atoms with E-state index in [1.54, 1.807) is 24.4 Å². The maximum atomic E-state index is 12.1. The molecule has 0 spiro atoms. The molecule has 1 amide bonds. The number of oxazole rings is 1. The van der Waals surface area contributed by atoms with E-state index < -0.39 is 0 Å². The maximum Gasteiger partial charge on any atom is 0.252 e. The predicted molar refractivity (Wildman–Crippen MR) is 72.7 cm³/mol. The molecule has 2 rings (SSSR count). The van der Waals surface area contributed by atoms with Crippen LogP contribution in [0.3, 0.4) is 0 Å². The van der Waals surface area contributed by atoms with E-state index in [4.69, 9.17) is 10.2 Å². The zero-order chi connectivity index (χ0) is 14.0. The Morgan fingerprint density at radius 3 is 2.74 bits per heavy atom. The lowest BCUT2D eigenvalue weighted by atomic mass is 10.1. The van der Waals surface area contributed by atoms with Gasteiger partial charge in [-0.25, -0.2) is 4.98 Å². The first-order valence-electron chi connectivity index (χ1n) is 6.06. The molecule has 3 N–H and O–H groups in total. The number of aromatic nitrogens is 1. The number of nitrogen functional groups attached to an aromatic ring is 1. The third kappa shape index (κ3) is 2.93. The topological polar surface area (TPSA) is 81.2 Å². The second-order valence-corrected chi connectivity index (χ2v) is 4.58. The van der Waals surface area contributed by atoms with E-state index >= 15 is 0 Å². The molecule has 100 valence electrons. The molecule has 1 heterocycles. The molecule has 1 unspecified atom stereocenters. The monoisotopic (exact) mass is 259 g/mol. The Morgan fingerprint density at radius 2 is 2.16 bits per heavy atom. The molecule has 1 atom stereocenters. The number of rotatable bonds is 3. The molecular weight excluding hydrogens is 242 g/mol. The number of carbonyl (C=O) groups excluding carboxylic acids is 1. The van der Waals surface area contributed by atoms with Crippen molar-refractivity contribution in [1.29, 1.82) is 0 Å². The summed E-state index contributed by atoms with van der Waals surface area (Å²) in [4.78, 5) is 16.2. The highest BCUT2D eigenvalue weighted by Crippen LogP contribution is 2.16. The van der Waals surface area contributed by atoms with Crippen molar-refractivity contribution in [3.8, 4) is 0 Å². The smallest absolute Gasteiger partial charge is 0.252 e. The van der Waals surface area contributed by atoms with Gasteiger partial charge in [0.25, 0.3) is 5.91 Å². The Bertz CT molecular complexity index is 604. The van der Waals surface area contributed by atoms with Crippen molar-refractivity contribution in [3.05, 3.63) is 47.2 Å². The highest BCUT2D eigenvalue weighted by molar-refractivity contribution is 5.96. The number of nitrogens with zero attached hydrogens (tertiary/aromatic N) is 1. The average molecular weight is 259 g/mol. The maximum absolute atomic E-state index is 12.1. The number of hydrogen-bond acceptors (Lipinski definition) is 4. The average Bonchev–Trinajstić information content (AvgIpc) is 2.75. The van der Waals surface area contributed by atoms with E-state index in [9.17, 15) is 4.79 Å². The van der Waals surface area contributed by atoms with Gasteiger partial charge in [-0.1, -0.05) is 0 Å². The third-order valence-electron chi connectivity index (χ3n) is 2.85. The lowest BCUT2D eigenvalue weighted by Gasteiger charge is -2.12. The zero-order valence-electron chi connectivity index (χ0n) is 11.2. The Kier molecular flexibility index (Phi) is 3.55. The summed E-state index contributed by atoms with van der Waals surface area (Å²) in [5.41, 5.74) is 7.75. The molecule has 0 aliphatic heterocycles. The molecular formula is C14H17N3O2. The molecule has 0 aliphatic rings. The Balaban J connectivity index is 2.12. The summed E-state index contributed by atoms with van der Waals surface area (Å²) in [6, 6.07) is 4.92. The molecule has 0 bridgehead atoms. The molecule has 5 heteroatoms. The van der Waals surface area contributed by atoms with Crippen LogP contribution in [0.1, 0.15) is 40.5 Å². The summed E-state index contributed by atoms with van der Waals surface area (Å²) < 4.78 is 5.39. The third-order valence-corrected chi connectivity index (χ3v) is 2.85. The first-order valence-corrected chi connectivity index (χ1v) is 6.06. The van der Waals surface area contributed by atoms with Crippen molar-refractivity contribution in [2.75, 3.05) is 5.73 Å². The van der Waals surface area contributed by atoms with E-state index in [0.717, 1.165) is 11.3 Å². The summed E-state index contributed by atoms with van der Waals surface area (Å²) in [6.45, 7) is 5.50. The number of carbonyl (C=O) groups is 1. The van der Waals surface area contributed by atoms with Crippen molar-refractivity contribution in [3.63, 3.8) is 0 Å². The van der Waals surface area contributed by atoms with Crippen LogP contribution >= 0.6 is 0 Å². The highest BCUT2D eigenvalue weighted by atomic mass is 16.4. The van der Waals surface area contributed by atoms with Crippen molar-refractivity contribution < 1.29 is 9.21 Å². The summed E-state index contributed by atoms with van der Waals surface area (Å²) in [5, 5.41) is 2.85. The van der Waals surface area contributed by atoms with Gasteiger partial charge in [-0.3, -0.25) is 4.79 Å². The molecule has 0 saturated heterocycles. The van der Waals surface area contributed by atoms with E-state index in [1.165, 1.54) is 0 Å². The van der Waals surface area contributed by atoms with E-state index in [2.05, 4.69) is 10.3 Å². The molecule has 1 aromatic heterocycles. The zero-order valence-corrected chi connectivity index (χ0v) is 11.2. The van der Waals surface area contributed by atoms with E-state index in [1.807, 2.05) is 20.8 Å². The summed E-state index contributed by atoms with van der Waals surface area (Å²) in [7, 11) is 0. The summed E-state index contributed by atoms with van der Waals surface area (Å²) >= 11 is 0. The minimum atomic E-state index is -0.279. The summed E-state index contributed by atoms with van der Waals surface area (Å²) in [5.74, 6) is 1.06. The second kappa shape index (κ2) is 5.14. The fourth-order valence-corrected chi connectivity index (χ4v) is 1.85. The number of aryl methyl sites for hydroxylation is 2. The van der Waals surface area contributed by atoms with Gasteiger partial charge in [-0.15, -0.1) is 0 Å². The van der Waals surface area contributed by atoms with Gasteiger partial charge < -0.3 is 15.5 Å². The molecule has 0 aliphatic carbocycles. The van der Waals surface area contributed by atoms with Crippen LogP contribution in [0.25, 0.3) is 0 Å². The predicted octanol–water partition coefficient (Wildman–Crippen LogP) is 2.36. The number of nitrogens with two attached hydrogens (primary N) is 1. The first kappa shape index (κ1) is 13.1. The number of hydrogen-bond donors (Lipinski definition) is 2. The van der Waals surface area contributed by atoms with Crippen LogP contribution in [-0.2, 0) is 0 Å². The largest absolute Gasteiger partial charge is 0.444 e. The normalized spacial score (nSPS) is 12.2. The first-order chi connectivity index (χ1) is 8.97. The van der Waals surface area contributed by atoms with Crippen molar-refractivity contribution in [2.45, 2.75) is 26.8 Å². The number of amides is 1. The highest BCUT2D eigenvalue weighted by Gasteiger charge is 2.16. The minimum absolute atomic E-state index is 0.166. The van der Waals surface area contributed by atoms with Crippen LogP contribution in [0.5, 0.6) is 0 Å². The van der Waals surface area contributed by atoms with Crippen LogP contribution in [0.15, 0.2) is 28.8 Å². The minimum Gasteiger partial charge on any atom is -0.444 e. The Labute approximate surface area is 111 Å². The molecule has 1 aromatic carbocycles. The molecule has 0 fully saturated rings. The van der Waals surface area contributed by atoms with Gasteiger partial charge in [0.15, 0.2) is 0 Å². The van der Waals surface area contributed by atoms with Crippen LogP contribution in [0.2, 0.25) is 0 Å². The molecule has 2 aromatic rings. The van der Waals surface area contributed by atoms with Crippen molar-refractivity contribution in [2.24, 2.45) is 0 Å². The van der Waals surface area contributed by atoms with Crippen LogP contribution in [-0.4, -0.2) is 10.9 Å². The molecule has 19 heavy (non-hydrogen) atoms. The number of nitrogens with one attached hydrogen (secondary N) is 1. The number of benzene rings is 1. The van der Waals surface area contributed by atoms with Gasteiger partial charge in [-0.05, 0) is 44.5 Å².